The lowest BCUT2D eigenvalue weighted by Gasteiger charge is -2.21. The summed E-state index contributed by atoms with van der Waals surface area (Å²) in [6.45, 7) is 8.43. The molecule has 3 atom stereocenters. The highest BCUT2D eigenvalue weighted by molar-refractivity contribution is 4.80. The number of hydrogen-bond acceptors (Lipinski definition) is 1. The van der Waals surface area contributed by atoms with Gasteiger partial charge in [0.25, 0.3) is 0 Å². The molecule has 0 aromatic rings. The molecule has 1 heteroatoms. The Balaban J connectivity index is 2.26. The van der Waals surface area contributed by atoms with E-state index in [2.05, 4.69) is 25.7 Å². The summed E-state index contributed by atoms with van der Waals surface area (Å²) in [7, 11) is 0. The van der Waals surface area contributed by atoms with E-state index in [0.717, 1.165) is 18.4 Å². The van der Waals surface area contributed by atoms with E-state index in [0.29, 0.717) is 6.04 Å². The lowest BCUT2D eigenvalue weighted by Crippen LogP contribution is -2.35. The molecule has 1 nitrogen and oxygen atoms in total. The Morgan fingerprint density at radius 3 is 2.86 bits per heavy atom. The van der Waals surface area contributed by atoms with Crippen LogP contribution >= 0.6 is 0 Å². The van der Waals surface area contributed by atoms with E-state index < -0.39 is 0 Å². The van der Waals surface area contributed by atoms with Crippen LogP contribution in [0, 0.1) is 5.92 Å². The van der Waals surface area contributed by atoms with Gasteiger partial charge in [-0.3, -0.25) is 0 Å². The first-order valence-electron chi connectivity index (χ1n) is 6.09. The van der Waals surface area contributed by atoms with Gasteiger partial charge in [0.05, 0.1) is 0 Å². The third kappa shape index (κ3) is 4.28. The molecule has 1 rings (SSSR count). The topological polar surface area (TPSA) is 12.0 Å². The van der Waals surface area contributed by atoms with Crippen LogP contribution in [0.1, 0.15) is 52.4 Å². The highest BCUT2D eigenvalue weighted by atomic mass is 14.9. The zero-order valence-corrected chi connectivity index (χ0v) is 9.76. The van der Waals surface area contributed by atoms with E-state index in [1.807, 2.05) is 6.08 Å². The van der Waals surface area contributed by atoms with Crippen molar-refractivity contribution in [3.63, 3.8) is 0 Å². The van der Waals surface area contributed by atoms with E-state index in [1.165, 1.54) is 32.1 Å². The molecule has 1 aliphatic rings. The van der Waals surface area contributed by atoms with Gasteiger partial charge in [-0.05, 0) is 38.5 Å². The smallest absolute Gasteiger partial charge is 0.00757 e. The molecule has 0 bridgehead atoms. The van der Waals surface area contributed by atoms with E-state index >= 15 is 0 Å². The molecule has 0 aromatic carbocycles. The van der Waals surface area contributed by atoms with Crippen molar-refractivity contribution in [2.75, 3.05) is 0 Å². The molecule has 1 N–H and O–H groups in total. The van der Waals surface area contributed by atoms with Crippen molar-refractivity contribution in [3.05, 3.63) is 12.7 Å². The summed E-state index contributed by atoms with van der Waals surface area (Å²) in [5.41, 5.74) is 0. The van der Waals surface area contributed by atoms with E-state index in [1.54, 1.807) is 0 Å². The molecule has 14 heavy (non-hydrogen) atoms. The lowest BCUT2D eigenvalue weighted by molar-refractivity contribution is 0.403. The van der Waals surface area contributed by atoms with Gasteiger partial charge in [0.15, 0.2) is 0 Å². The Morgan fingerprint density at radius 2 is 2.14 bits per heavy atom. The van der Waals surface area contributed by atoms with E-state index in [9.17, 15) is 0 Å². The predicted octanol–water partition coefficient (Wildman–Crippen LogP) is 3.51. The quantitative estimate of drug-likeness (QED) is 0.534. The minimum Gasteiger partial charge on any atom is -0.311 e. The van der Waals surface area contributed by atoms with Gasteiger partial charge < -0.3 is 5.32 Å². The van der Waals surface area contributed by atoms with Gasteiger partial charge in [-0.1, -0.05) is 25.8 Å². The molecule has 0 heterocycles. The molecule has 0 aromatic heterocycles. The molecule has 0 amide bonds. The van der Waals surface area contributed by atoms with E-state index in [-0.39, 0.29) is 0 Å². The van der Waals surface area contributed by atoms with Crippen LogP contribution in [0.25, 0.3) is 0 Å². The van der Waals surface area contributed by atoms with Crippen LogP contribution in [0.3, 0.4) is 0 Å². The Kier molecular flexibility index (Phi) is 5.24. The summed E-state index contributed by atoms with van der Waals surface area (Å²) in [6, 6.07) is 1.36. The van der Waals surface area contributed by atoms with Crippen molar-refractivity contribution in [1.82, 2.24) is 5.32 Å². The van der Waals surface area contributed by atoms with Crippen LogP contribution in [0.5, 0.6) is 0 Å². The summed E-state index contributed by atoms with van der Waals surface area (Å²) < 4.78 is 0. The van der Waals surface area contributed by atoms with Crippen molar-refractivity contribution in [2.24, 2.45) is 5.92 Å². The second kappa shape index (κ2) is 6.23. The minimum atomic E-state index is 0.603. The second-order valence-electron chi connectivity index (χ2n) is 4.90. The normalized spacial score (nSPS) is 30.7. The number of nitrogens with one attached hydrogen (secondary N) is 1. The average molecular weight is 195 g/mol. The summed E-state index contributed by atoms with van der Waals surface area (Å²) in [5, 5.41) is 3.71. The third-order valence-electron chi connectivity index (χ3n) is 3.30. The molecule has 0 aliphatic heterocycles. The number of rotatable bonds is 4. The summed E-state index contributed by atoms with van der Waals surface area (Å²) in [6.07, 6.45) is 10.1. The molecule has 0 radical (unpaired) electrons. The van der Waals surface area contributed by atoms with Crippen molar-refractivity contribution < 1.29 is 0 Å². The molecular formula is C13H25N. The fourth-order valence-electron chi connectivity index (χ4n) is 2.37. The first-order valence-corrected chi connectivity index (χ1v) is 6.09. The van der Waals surface area contributed by atoms with Gasteiger partial charge >= 0.3 is 0 Å². The van der Waals surface area contributed by atoms with Crippen molar-refractivity contribution >= 4 is 0 Å². The molecule has 1 saturated carbocycles. The van der Waals surface area contributed by atoms with Gasteiger partial charge in [0.1, 0.15) is 0 Å². The summed E-state index contributed by atoms with van der Waals surface area (Å²) in [4.78, 5) is 0. The van der Waals surface area contributed by atoms with Crippen molar-refractivity contribution in [2.45, 2.75) is 64.5 Å². The predicted molar refractivity (Wildman–Crippen MR) is 63.4 cm³/mol. The number of hydrogen-bond donors (Lipinski definition) is 1. The molecular weight excluding hydrogens is 170 g/mol. The van der Waals surface area contributed by atoms with Gasteiger partial charge in [0, 0.05) is 12.1 Å². The van der Waals surface area contributed by atoms with Crippen LogP contribution in [0.2, 0.25) is 0 Å². The van der Waals surface area contributed by atoms with Crippen LogP contribution < -0.4 is 5.32 Å². The SMILES string of the molecule is C=CCC(C)NC1CCCC(C)CC1. The highest BCUT2D eigenvalue weighted by Gasteiger charge is 2.16. The van der Waals surface area contributed by atoms with Crippen molar-refractivity contribution in [3.8, 4) is 0 Å². The molecule has 3 unspecified atom stereocenters. The van der Waals surface area contributed by atoms with Crippen LogP contribution in [0.15, 0.2) is 12.7 Å². The van der Waals surface area contributed by atoms with E-state index in [4.69, 9.17) is 0 Å². The largest absolute Gasteiger partial charge is 0.311 e. The Hall–Kier alpha value is -0.300. The zero-order chi connectivity index (χ0) is 10.4. The average Bonchev–Trinajstić information content (AvgIpc) is 2.32. The maximum atomic E-state index is 3.78. The monoisotopic (exact) mass is 195 g/mol. The van der Waals surface area contributed by atoms with Gasteiger partial charge in [-0.2, -0.15) is 0 Å². The maximum absolute atomic E-state index is 3.78. The fraction of sp³-hybridized carbons (Fsp3) is 0.846. The second-order valence-corrected chi connectivity index (χ2v) is 4.90. The van der Waals surface area contributed by atoms with Crippen LogP contribution in [0.4, 0.5) is 0 Å². The zero-order valence-electron chi connectivity index (χ0n) is 9.76. The molecule has 82 valence electrons. The van der Waals surface area contributed by atoms with Crippen molar-refractivity contribution in [1.29, 1.82) is 0 Å². The van der Waals surface area contributed by atoms with Gasteiger partial charge in [0.2, 0.25) is 0 Å². The molecule has 0 spiro atoms. The van der Waals surface area contributed by atoms with Crippen LogP contribution in [-0.2, 0) is 0 Å². The highest BCUT2D eigenvalue weighted by Crippen LogP contribution is 2.22. The fourth-order valence-corrected chi connectivity index (χ4v) is 2.37. The lowest BCUT2D eigenvalue weighted by atomic mass is 10.0. The van der Waals surface area contributed by atoms with Gasteiger partial charge in [-0.25, -0.2) is 0 Å². The van der Waals surface area contributed by atoms with Crippen LogP contribution in [-0.4, -0.2) is 12.1 Å². The Bertz CT molecular complexity index is 165. The Morgan fingerprint density at radius 1 is 1.36 bits per heavy atom. The first-order chi connectivity index (χ1) is 6.72. The first kappa shape index (κ1) is 11.8. The molecule has 1 fully saturated rings. The van der Waals surface area contributed by atoms with Gasteiger partial charge in [-0.15, -0.1) is 6.58 Å². The third-order valence-corrected chi connectivity index (χ3v) is 3.30. The molecule has 0 saturated heterocycles. The summed E-state index contributed by atoms with van der Waals surface area (Å²) in [5.74, 6) is 0.941. The minimum absolute atomic E-state index is 0.603. The standard InChI is InChI=1S/C13H25N/c1-4-6-12(3)14-13-8-5-7-11(2)9-10-13/h4,11-14H,1,5-10H2,2-3H3. The Labute approximate surface area is 89.0 Å². The molecule has 1 aliphatic carbocycles. The summed E-state index contributed by atoms with van der Waals surface area (Å²) >= 11 is 0. The maximum Gasteiger partial charge on any atom is 0.00757 e.